The van der Waals surface area contributed by atoms with Crippen molar-refractivity contribution in [3.63, 3.8) is 0 Å². The number of benzene rings is 2. The van der Waals surface area contributed by atoms with E-state index in [-0.39, 0.29) is 33.6 Å². The number of carbonyl (C=O) groups excluding carboxylic acids is 1. The summed E-state index contributed by atoms with van der Waals surface area (Å²) in [5, 5.41) is 0.0868. The first-order valence-electron chi connectivity index (χ1n) is 12.4. The van der Waals surface area contributed by atoms with Crippen molar-refractivity contribution >= 4 is 44.7 Å². The van der Waals surface area contributed by atoms with Gasteiger partial charge in [0.05, 0.1) is 17.3 Å². The van der Waals surface area contributed by atoms with Crippen LogP contribution in [-0.4, -0.2) is 68.0 Å². The van der Waals surface area contributed by atoms with Crippen LogP contribution >= 0.6 is 11.6 Å². The van der Waals surface area contributed by atoms with Crippen molar-refractivity contribution in [3.8, 4) is 0 Å². The number of anilines is 3. The molecule has 0 spiro atoms. The van der Waals surface area contributed by atoms with E-state index in [2.05, 4.69) is 24.5 Å². The number of rotatable bonds is 6. The Morgan fingerprint density at radius 3 is 2.50 bits per heavy atom. The molecule has 1 aromatic heterocycles. The van der Waals surface area contributed by atoms with Gasteiger partial charge in [-0.3, -0.25) is 14.5 Å². The van der Waals surface area contributed by atoms with E-state index >= 15 is 0 Å². The Balaban J connectivity index is 1.19. The fourth-order valence-corrected chi connectivity index (χ4v) is 6.14. The van der Waals surface area contributed by atoms with Crippen LogP contribution in [0.3, 0.4) is 0 Å². The molecule has 2 aliphatic rings. The van der Waals surface area contributed by atoms with Gasteiger partial charge in [0, 0.05) is 44.1 Å². The predicted molar refractivity (Wildman–Crippen MR) is 145 cm³/mol. The number of nitrogens with zero attached hydrogens (tertiary/aromatic N) is 5. The van der Waals surface area contributed by atoms with E-state index < -0.39 is 10.0 Å². The molecule has 2 aromatic carbocycles. The van der Waals surface area contributed by atoms with Gasteiger partial charge in [-0.25, -0.2) is 17.8 Å². The first kappa shape index (κ1) is 26.2. The molecule has 12 heteroatoms. The molecule has 0 bridgehead atoms. The summed E-state index contributed by atoms with van der Waals surface area (Å²) in [6.07, 6.45) is 4.30. The second kappa shape index (κ2) is 10.7. The highest BCUT2D eigenvalue weighted by atomic mass is 35.5. The molecule has 1 N–H and O–H groups in total. The van der Waals surface area contributed by atoms with Gasteiger partial charge >= 0.3 is 0 Å². The molecule has 9 nitrogen and oxygen atoms in total. The summed E-state index contributed by atoms with van der Waals surface area (Å²) in [6, 6.07) is 11.0. The zero-order chi connectivity index (χ0) is 26.9. The summed E-state index contributed by atoms with van der Waals surface area (Å²) in [5.41, 5.74) is 2.75. The maximum Gasteiger partial charge on any atom is 0.263 e. The second-order valence-corrected chi connectivity index (χ2v) is 11.5. The monoisotopic (exact) mass is 558 g/mol. The standard InChI is InChI=1S/C26H28ClFN6O3S/c1-18(34-10-2-3-19-15-20(28)4-9-23(19)34)26(35)33-13-11-32(12-14-33)21-5-7-22(8-6-21)38(36,37)31-25-17-29-16-24(27)30-25/h4-9,15-18H,2-3,10-14H2,1H3,(H,30,31)/t18-/m1/s1. The fourth-order valence-electron chi connectivity index (χ4n) is 5.00. The van der Waals surface area contributed by atoms with Crippen LogP contribution in [-0.2, 0) is 21.2 Å². The molecule has 0 radical (unpaired) electrons. The minimum Gasteiger partial charge on any atom is -0.368 e. The van der Waals surface area contributed by atoms with E-state index in [1.807, 2.05) is 11.8 Å². The number of fused-ring (bicyclic) bond motifs is 1. The highest BCUT2D eigenvalue weighted by molar-refractivity contribution is 7.92. The first-order valence-corrected chi connectivity index (χ1v) is 14.3. The smallest absolute Gasteiger partial charge is 0.263 e. The number of aromatic nitrogens is 2. The number of sulfonamides is 1. The van der Waals surface area contributed by atoms with E-state index in [9.17, 15) is 17.6 Å². The van der Waals surface area contributed by atoms with Crippen molar-refractivity contribution in [3.05, 3.63) is 71.4 Å². The largest absolute Gasteiger partial charge is 0.368 e. The summed E-state index contributed by atoms with van der Waals surface area (Å²) in [7, 11) is -3.85. The third-order valence-electron chi connectivity index (χ3n) is 6.97. The molecule has 0 aliphatic carbocycles. The Bertz CT molecular complexity index is 1430. The van der Waals surface area contributed by atoms with Gasteiger partial charge in [0.15, 0.2) is 5.82 Å². The zero-order valence-electron chi connectivity index (χ0n) is 20.8. The number of hydrogen-bond acceptors (Lipinski definition) is 7. The number of amides is 1. The first-order chi connectivity index (χ1) is 18.2. The molecule has 2 aliphatic heterocycles. The average molecular weight is 559 g/mol. The van der Waals surface area contributed by atoms with Crippen LogP contribution in [0.25, 0.3) is 0 Å². The van der Waals surface area contributed by atoms with Crippen molar-refractivity contribution in [2.75, 3.05) is 47.2 Å². The van der Waals surface area contributed by atoms with Gasteiger partial charge < -0.3 is 14.7 Å². The lowest BCUT2D eigenvalue weighted by molar-refractivity contribution is -0.132. The molecule has 0 saturated carbocycles. The van der Waals surface area contributed by atoms with Crippen LogP contribution < -0.4 is 14.5 Å². The highest BCUT2D eigenvalue weighted by Crippen LogP contribution is 2.30. The number of piperazine rings is 1. The fraction of sp³-hybridized carbons (Fsp3) is 0.346. The summed E-state index contributed by atoms with van der Waals surface area (Å²) in [5.74, 6) is -0.159. The van der Waals surface area contributed by atoms with Crippen LogP contribution in [0.1, 0.15) is 18.9 Å². The van der Waals surface area contributed by atoms with E-state index in [1.165, 1.54) is 30.6 Å². The summed E-state index contributed by atoms with van der Waals surface area (Å²) in [6.45, 7) is 5.05. The molecule has 1 saturated heterocycles. The van der Waals surface area contributed by atoms with Crippen molar-refractivity contribution in [1.29, 1.82) is 0 Å². The lowest BCUT2D eigenvalue weighted by atomic mass is 9.99. The third kappa shape index (κ3) is 5.53. The molecule has 1 atom stereocenters. The zero-order valence-corrected chi connectivity index (χ0v) is 22.4. The van der Waals surface area contributed by atoms with Crippen LogP contribution in [0.5, 0.6) is 0 Å². The molecular formula is C26H28ClFN6O3S. The van der Waals surface area contributed by atoms with Gasteiger partial charge in [-0.2, -0.15) is 0 Å². The van der Waals surface area contributed by atoms with Gasteiger partial charge in [-0.1, -0.05) is 11.6 Å². The van der Waals surface area contributed by atoms with E-state index in [1.54, 1.807) is 24.3 Å². The topological polar surface area (TPSA) is 98.7 Å². The van der Waals surface area contributed by atoms with Crippen molar-refractivity contribution < 1.29 is 17.6 Å². The highest BCUT2D eigenvalue weighted by Gasteiger charge is 2.31. The quantitative estimate of drug-likeness (QED) is 0.494. The Labute approximate surface area is 226 Å². The summed E-state index contributed by atoms with van der Waals surface area (Å²) >= 11 is 5.79. The van der Waals surface area contributed by atoms with Crippen LogP contribution in [0.4, 0.5) is 21.6 Å². The van der Waals surface area contributed by atoms with Gasteiger partial charge in [0.2, 0.25) is 5.91 Å². The minimum absolute atomic E-state index is 0.0387. The molecule has 200 valence electrons. The predicted octanol–water partition coefficient (Wildman–Crippen LogP) is 3.56. The molecular weight excluding hydrogens is 531 g/mol. The second-order valence-electron chi connectivity index (χ2n) is 9.38. The van der Waals surface area contributed by atoms with Crippen LogP contribution in [0.2, 0.25) is 5.15 Å². The van der Waals surface area contributed by atoms with E-state index in [0.717, 1.165) is 36.3 Å². The Morgan fingerprint density at radius 2 is 1.79 bits per heavy atom. The van der Waals surface area contributed by atoms with E-state index in [4.69, 9.17) is 11.6 Å². The summed E-state index contributed by atoms with van der Waals surface area (Å²) < 4.78 is 41.5. The maximum atomic E-state index is 13.7. The number of aryl methyl sites for hydroxylation is 1. The number of nitrogens with one attached hydrogen (secondary N) is 1. The number of carbonyl (C=O) groups is 1. The molecule has 5 rings (SSSR count). The van der Waals surface area contributed by atoms with Crippen molar-refractivity contribution in [2.24, 2.45) is 0 Å². The lowest BCUT2D eigenvalue weighted by Crippen LogP contribution is -2.55. The normalized spacial score (nSPS) is 16.7. The van der Waals surface area contributed by atoms with Crippen LogP contribution in [0, 0.1) is 5.82 Å². The Kier molecular flexibility index (Phi) is 7.40. The van der Waals surface area contributed by atoms with Gasteiger partial charge in [-0.05, 0) is 67.8 Å². The molecule has 1 fully saturated rings. The minimum atomic E-state index is -3.85. The SMILES string of the molecule is C[C@H](C(=O)N1CCN(c2ccc(S(=O)(=O)Nc3cncc(Cl)n3)cc2)CC1)N1CCCc2cc(F)ccc21. The molecule has 1 amide bonds. The van der Waals surface area contributed by atoms with E-state index in [0.29, 0.717) is 26.2 Å². The maximum absolute atomic E-state index is 13.7. The van der Waals surface area contributed by atoms with Crippen molar-refractivity contribution in [2.45, 2.75) is 30.7 Å². The average Bonchev–Trinajstić information content (AvgIpc) is 2.91. The van der Waals surface area contributed by atoms with Crippen molar-refractivity contribution in [1.82, 2.24) is 14.9 Å². The van der Waals surface area contributed by atoms with Crippen LogP contribution in [0.15, 0.2) is 59.8 Å². The number of halogens is 2. The summed E-state index contributed by atoms with van der Waals surface area (Å²) in [4.78, 5) is 27.2. The molecule has 38 heavy (non-hydrogen) atoms. The van der Waals surface area contributed by atoms with Gasteiger partial charge in [0.25, 0.3) is 10.0 Å². The molecule has 3 aromatic rings. The number of hydrogen-bond donors (Lipinski definition) is 1. The Hall–Kier alpha value is -3.44. The lowest BCUT2D eigenvalue weighted by Gasteiger charge is -2.41. The van der Waals surface area contributed by atoms with Gasteiger partial charge in [-0.15, -0.1) is 0 Å². The molecule has 3 heterocycles. The Morgan fingerprint density at radius 1 is 1.05 bits per heavy atom. The molecule has 0 unspecified atom stereocenters. The third-order valence-corrected chi connectivity index (χ3v) is 8.52. The van der Waals surface area contributed by atoms with Gasteiger partial charge in [0.1, 0.15) is 17.0 Å².